The Morgan fingerprint density at radius 3 is 2.49 bits per heavy atom. The van der Waals surface area contributed by atoms with Gasteiger partial charge in [-0.25, -0.2) is 10.2 Å². The third kappa shape index (κ3) is 7.12. The third-order valence-corrected chi connectivity index (χ3v) is 5.42. The smallest absolute Gasteiger partial charge is 0.379 e. The maximum absolute atomic E-state index is 12.8. The highest BCUT2D eigenvalue weighted by molar-refractivity contribution is 9.10. The van der Waals surface area contributed by atoms with Crippen molar-refractivity contribution in [2.45, 2.75) is 0 Å². The summed E-state index contributed by atoms with van der Waals surface area (Å²) in [5, 5.41) is 6.71. The molecule has 2 N–H and O–H groups in total. The molecule has 4 rings (SSSR count). The van der Waals surface area contributed by atoms with Crippen molar-refractivity contribution in [3.8, 4) is 5.75 Å². The van der Waals surface area contributed by atoms with Crippen LogP contribution in [0, 0.1) is 0 Å². The average Bonchev–Trinajstić information content (AvgIpc) is 3.45. The van der Waals surface area contributed by atoms with Crippen molar-refractivity contribution in [2.75, 3.05) is 5.32 Å². The molecule has 0 aliphatic rings. The van der Waals surface area contributed by atoms with Crippen molar-refractivity contribution >= 4 is 51.7 Å². The second-order valence-electron chi connectivity index (χ2n) is 7.53. The van der Waals surface area contributed by atoms with Gasteiger partial charge in [-0.2, -0.15) is 5.10 Å². The fourth-order valence-corrected chi connectivity index (χ4v) is 3.56. The molecule has 3 aromatic carbocycles. The summed E-state index contributed by atoms with van der Waals surface area (Å²) in [6.07, 6.45) is 5.78. The highest BCUT2D eigenvalue weighted by Gasteiger charge is 2.15. The molecule has 8 nitrogen and oxygen atoms in total. The summed E-state index contributed by atoms with van der Waals surface area (Å²) in [5.41, 5.74) is 4.29. The summed E-state index contributed by atoms with van der Waals surface area (Å²) in [7, 11) is 0. The Hall–Kier alpha value is -4.76. The van der Waals surface area contributed by atoms with E-state index in [2.05, 4.69) is 31.8 Å². The van der Waals surface area contributed by atoms with Crippen LogP contribution >= 0.6 is 15.9 Å². The van der Waals surface area contributed by atoms with Crippen molar-refractivity contribution in [1.29, 1.82) is 0 Å². The number of esters is 1. The van der Waals surface area contributed by atoms with Crippen LogP contribution in [-0.2, 0) is 4.79 Å². The zero-order valence-electron chi connectivity index (χ0n) is 19.3. The SMILES string of the molecule is O=C(/C=C/c1ccccc1)Nc1ccccc1C(=O)N/N=C\c1cc(Br)ccc1OC(=O)c1ccco1. The molecule has 2 amide bonds. The predicted octanol–water partition coefficient (Wildman–Crippen LogP) is 5.68. The molecule has 184 valence electrons. The lowest BCUT2D eigenvalue weighted by Crippen LogP contribution is -2.20. The molecule has 0 radical (unpaired) electrons. The van der Waals surface area contributed by atoms with E-state index in [1.165, 1.54) is 24.6 Å². The molecular weight excluding hydrogens is 538 g/mol. The second kappa shape index (κ2) is 12.3. The molecule has 9 heteroatoms. The molecule has 0 aliphatic heterocycles. The zero-order chi connectivity index (χ0) is 26.0. The largest absolute Gasteiger partial charge is 0.457 e. The lowest BCUT2D eigenvalue weighted by atomic mass is 10.1. The van der Waals surface area contributed by atoms with E-state index < -0.39 is 11.9 Å². The Bertz CT molecular complexity index is 1460. The number of carbonyl (C=O) groups is 3. The number of hydrazone groups is 1. The van der Waals surface area contributed by atoms with E-state index in [0.717, 1.165) is 10.0 Å². The topological polar surface area (TPSA) is 110 Å². The van der Waals surface area contributed by atoms with Gasteiger partial charge in [-0.05, 0) is 54.1 Å². The minimum absolute atomic E-state index is 0.0522. The molecule has 0 bridgehead atoms. The lowest BCUT2D eigenvalue weighted by molar-refractivity contribution is -0.111. The molecule has 0 atom stereocenters. The summed E-state index contributed by atoms with van der Waals surface area (Å²) in [4.78, 5) is 37.4. The molecule has 0 fully saturated rings. The fraction of sp³-hybridized carbons (Fsp3) is 0. The molecule has 0 saturated heterocycles. The molecule has 0 spiro atoms. The summed E-state index contributed by atoms with van der Waals surface area (Å²) >= 11 is 3.37. The van der Waals surface area contributed by atoms with Crippen molar-refractivity contribution in [1.82, 2.24) is 5.43 Å². The standard InChI is InChI=1S/C28H20BrN3O5/c29-21-13-14-24(37-28(35)25-11-6-16-36-25)20(17-21)18-30-32-27(34)22-9-4-5-10-23(22)31-26(33)15-12-19-7-2-1-3-8-19/h1-18H,(H,31,33)(H,32,34)/b15-12+,30-18-. The van der Waals surface area contributed by atoms with E-state index in [-0.39, 0.29) is 23.0 Å². The zero-order valence-corrected chi connectivity index (χ0v) is 20.8. The van der Waals surface area contributed by atoms with Crippen LogP contribution < -0.4 is 15.5 Å². The molecule has 1 heterocycles. The normalized spacial score (nSPS) is 10.9. The number of nitrogens with one attached hydrogen (secondary N) is 2. The summed E-state index contributed by atoms with van der Waals surface area (Å²) in [5.74, 6) is -1.32. The number of ether oxygens (including phenoxy) is 1. The van der Waals surface area contributed by atoms with Gasteiger partial charge in [0, 0.05) is 16.1 Å². The highest BCUT2D eigenvalue weighted by Crippen LogP contribution is 2.23. The maximum Gasteiger partial charge on any atom is 0.379 e. The molecule has 0 saturated carbocycles. The van der Waals surface area contributed by atoms with Crippen LogP contribution in [0.3, 0.4) is 0 Å². The Kier molecular flexibility index (Phi) is 8.41. The van der Waals surface area contributed by atoms with Gasteiger partial charge in [0.1, 0.15) is 5.75 Å². The number of hydrogen-bond acceptors (Lipinski definition) is 6. The number of benzene rings is 3. The van der Waals surface area contributed by atoms with E-state index in [0.29, 0.717) is 11.3 Å². The lowest BCUT2D eigenvalue weighted by Gasteiger charge is -2.09. The average molecular weight is 558 g/mol. The minimum atomic E-state index is -0.669. The van der Waals surface area contributed by atoms with Gasteiger partial charge in [0.25, 0.3) is 5.91 Å². The van der Waals surface area contributed by atoms with Gasteiger partial charge in [-0.15, -0.1) is 0 Å². The number of furan rings is 1. The Labute approximate surface area is 220 Å². The Balaban J connectivity index is 1.43. The van der Waals surface area contributed by atoms with E-state index in [4.69, 9.17) is 9.15 Å². The van der Waals surface area contributed by atoms with Crippen LogP contribution in [0.15, 0.2) is 111 Å². The molecule has 37 heavy (non-hydrogen) atoms. The van der Waals surface area contributed by atoms with E-state index in [1.807, 2.05) is 30.3 Å². The number of anilines is 1. The first kappa shape index (κ1) is 25.3. The first-order chi connectivity index (χ1) is 18.0. The third-order valence-electron chi connectivity index (χ3n) is 4.92. The molecule has 0 aliphatic carbocycles. The van der Waals surface area contributed by atoms with Gasteiger partial charge in [-0.1, -0.05) is 58.4 Å². The van der Waals surface area contributed by atoms with Crippen molar-refractivity contribution in [3.05, 3.63) is 124 Å². The fourth-order valence-electron chi connectivity index (χ4n) is 3.18. The van der Waals surface area contributed by atoms with E-state index in [9.17, 15) is 14.4 Å². The van der Waals surface area contributed by atoms with Gasteiger partial charge >= 0.3 is 5.97 Å². The van der Waals surface area contributed by atoms with Crippen LogP contribution in [0.5, 0.6) is 5.75 Å². The quantitative estimate of drug-likeness (QED) is 0.0952. The first-order valence-corrected chi connectivity index (χ1v) is 11.8. The summed E-state index contributed by atoms with van der Waals surface area (Å²) in [6, 6.07) is 24.0. The minimum Gasteiger partial charge on any atom is -0.457 e. The van der Waals surface area contributed by atoms with Crippen LogP contribution in [0.25, 0.3) is 6.08 Å². The number of carbonyl (C=O) groups excluding carboxylic acids is 3. The number of para-hydroxylation sites is 1. The van der Waals surface area contributed by atoms with Crippen LogP contribution in [0.2, 0.25) is 0 Å². The van der Waals surface area contributed by atoms with E-state index in [1.54, 1.807) is 54.6 Å². The van der Waals surface area contributed by atoms with Gasteiger partial charge in [0.05, 0.1) is 23.7 Å². The molecule has 1 aromatic heterocycles. The van der Waals surface area contributed by atoms with Crippen LogP contribution in [0.4, 0.5) is 5.69 Å². The van der Waals surface area contributed by atoms with Gasteiger partial charge in [-0.3, -0.25) is 9.59 Å². The second-order valence-corrected chi connectivity index (χ2v) is 8.44. The number of nitrogens with zero attached hydrogens (tertiary/aromatic N) is 1. The molecular formula is C28H20BrN3O5. The van der Waals surface area contributed by atoms with Crippen molar-refractivity contribution in [2.24, 2.45) is 5.10 Å². The van der Waals surface area contributed by atoms with Crippen LogP contribution in [-0.4, -0.2) is 24.0 Å². The molecule has 0 unspecified atom stereocenters. The van der Waals surface area contributed by atoms with Gasteiger partial charge in [0.15, 0.2) is 0 Å². The molecule has 4 aromatic rings. The predicted molar refractivity (Wildman–Crippen MR) is 143 cm³/mol. The van der Waals surface area contributed by atoms with Crippen molar-refractivity contribution in [3.63, 3.8) is 0 Å². The number of hydrogen-bond donors (Lipinski definition) is 2. The van der Waals surface area contributed by atoms with Gasteiger partial charge < -0.3 is 14.5 Å². The van der Waals surface area contributed by atoms with Gasteiger partial charge in [0.2, 0.25) is 11.7 Å². The Morgan fingerprint density at radius 1 is 0.919 bits per heavy atom. The first-order valence-electron chi connectivity index (χ1n) is 11.0. The number of rotatable bonds is 8. The monoisotopic (exact) mass is 557 g/mol. The van der Waals surface area contributed by atoms with Crippen molar-refractivity contribution < 1.29 is 23.5 Å². The number of halogens is 1. The highest BCUT2D eigenvalue weighted by atomic mass is 79.9. The van der Waals surface area contributed by atoms with E-state index >= 15 is 0 Å². The summed E-state index contributed by atoms with van der Waals surface area (Å²) in [6.45, 7) is 0. The Morgan fingerprint density at radius 2 is 1.70 bits per heavy atom. The number of amides is 2. The van der Waals surface area contributed by atoms with Crippen LogP contribution in [0.1, 0.15) is 32.0 Å². The maximum atomic E-state index is 12.8. The summed E-state index contributed by atoms with van der Waals surface area (Å²) < 4.78 is 11.2.